The summed E-state index contributed by atoms with van der Waals surface area (Å²) in [5.41, 5.74) is 4.19. The van der Waals surface area contributed by atoms with Crippen LogP contribution >= 0.6 is 0 Å². The molecule has 1 atom stereocenters. The van der Waals surface area contributed by atoms with E-state index in [0.717, 1.165) is 49.8 Å². The molecule has 3 heterocycles. The van der Waals surface area contributed by atoms with E-state index in [2.05, 4.69) is 15.4 Å². The lowest BCUT2D eigenvalue weighted by atomic mass is 9.98. The molecule has 1 aliphatic carbocycles. The fourth-order valence-corrected chi connectivity index (χ4v) is 4.13. The Kier molecular flexibility index (Phi) is 4.73. The highest BCUT2D eigenvalue weighted by Crippen LogP contribution is 2.24. The van der Waals surface area contributed by atoms with Gasteiger partial charge in [0.2, 0.25) is 0 Å². The van der Waals surface area contributed by atoms with E-state index in [-0.39, 0.29) is 11.8 Å². The number of hydrogen-bond donors (Lipinski definition) is 1. The van der Waals surface area contributed by atoms with Crippen LogP contribution in [0.5, 0.6) is 0 Å². The maximum absolute atomic E-state index is 12.9. The number of benzene rings is 1. The predicted molar refractivity (Wildman–Crippen MR) is 113 cm³/mol. The second-order valence-corrected chi connectivity index (χ2v) is 8.45. The first kappa shape index (κ1) is 18.8. The number of carbonyl (C=O) groups excluding carboxylic acids is 2. The summed E-state index contributed by atoms with van der Waals surface area (Å²) >= 11 is 0. The number of pyridine rings is 1. The number of rotatable bonds is 5. The number of fused-ring (bicyclic) bond motifs is 1. The molecule has 1 aliphatic heterocycles. The van der Waals surface area contributed by atoms with E-state index in [0.29, 0.717) is 23.1 Å². The van der Waals surface area contributed by atoms with Gasteiger partial charge in [-0.1, -0.05) is 12.1 Å². The van der Waals surface area contributed by atoms with E-state index in [4.69, 9.17) is 0 Å². The molecule has 0 bridgehead atoms. The van der Waals surface area contributed by atoms with Crippen LogP contribution in [0.2, 0.25) is 0 Å². The highest BCUT2D eigenvalue weighted by atomic mass is 16.2. The van der Waals surface area contributed by atoms with Crippen LogP contribution in [-0.2, 0) is 13.5 Å². The summed E-state index contributed by atoms with van der Waals surface area (Å²) in [7, 11) is 1.85. The molecular formula is C23H25N5O2. The molecule has 7 nitrogen and oxygen atoms in total. The quantitative estimate of drug-likeness (QED) is 0.710. The van der Waals surface area contributed by atoms with Crippen molar-refractivity contribution in [2.45, 2.75) is 31.7 Å². The second-order valence-electron chi connectivity index (χ2n) is 8.45. The minimum atomic E-state index is 0.0145. The lowest BCUT2D eigenvalue weighted by Gasteiger charge is -2.17. The molecule has 1 aromatic carbocycles. The molecule has 1 unspecified atom stereocenters. The summed E-state index contributed by atoms with van der Waals surface area (Å²) in [6, 6.07) is 10.1. The zero-order valence-corrected chi connectivity index (χ0v) is 17.0. The van der Waals surface area contributed by atoms with Crippen molar-refractivity contribution in [1.29, 1.82) is 0 Å². The van der Waals surface area contributed by atoms with E-state index in [1.165, 1.54) is 5.56 Å². The number of nitrogens with one attached hydrogen (secondary N) is 1. The number of hydrogen-bond acceptors (Lipinski definition) is 4. The summed E-state index contributed by atoms with van der Waals surface area (Å²) in [4.78, 5) is 31.3. The van der Waals surface area contributed by atoms with Gasteiger partial charge in [0, 0.05) is 37.9 Å². The summed E-state index contributed by atoms with van der Waals surface area (Å²) < 4.78 is 1.74. The molecule has 2 fully saturated rings. The summed E-state index contributed by atoms with van der Waals surface area (Å²) in [5.74, 6) is 0.467. The van der Waals surface area contributed by atoms with Crippen molar-refractivity contribution in [1.82, 2.24) is 25.0 Å². The van der Waals surface area contributed by atoms with Crippen LogP contribution in [0.15, 0.2) is 42.7 Å². The summed E-state index contributed by atoms with van der Waals surface area (Å²) in [5, 5.41) is 7.21. The minimum absolute atomic E-state index is 0.0145. The van der Waals surface area contributed by atoms with Crippen molar-refractivity contribution in [2.75, 3.05) is 13.1 Å². The Morgan fingerprint density at radius 2 is 1.90 bits per heavy atom. The van der Waals surface area contributed by atoms with E-state index in [1.807, 2.05) is 42.3 Å². The fraction of sp³-hybridized carbons (Fsp3) is 0.391. The molecule has 3 aromatic rings. The van der Waals surface area contributed by atoms with Gasteiger partial charge in [-0.2, -0.15) is 5.10 Å². The Bertz CT molecular complexity index is 1100. The van der Waals surface area contributed by atoms with Crippen molar-refractivity contribution in [3.8, 4) is 0 Å². The SMILES string of the molecule is Cn1ncc2ncc(C(=O)N3CCC(Cc4ccc(C(=O)NC5CC5)cc4)C3)cc21. The van der Waals surface area contributed by atoms with Gasteiger partial charge in [-0.05, 0) is 55.4 Å². The summed E-state index contributed by atoms with van der Waals surface area (Å²) in [6.07, 6.45) is 7.42. The average molecular weight is 403 g/mol. The van der Waals surface area contributed by atoms with E-state index in [9.17, 15) is 9.59 Å². The lowest BCUT2D eigenvalue weighted by molar-refractivity contribution is 0.0786. The zero-order chi connectivity index (χ0) is 20.7. The van der Waals surface area contributed by atoms with Crippen LogP contribution < -0.4 is 5.32 Å². The Balaban J connectivity index is 1.20. The van der Waals surface area contributed by atoms with Gasteiger partial charge < -0.3 is 10.2 Å². The van der Waals surface area contributed by atoms with Crippen molar-refractivity contribution in [2.24, 2.45) is 13.0 Å². The van der Waals surface area contributed by atoms with Gasteiger partial charge in [-0.25, -0.2) is 0 Å². The van der Waals surface area contributed by atoms with Gasteiger partial charge in [0.15, 0.2) is 0 Å². The zero-order valence-electron chi connectivity index (χ0n) is 17.0. The monoisotopic (exact) mass is 403 g/mol. The van der Waals surface area contributed by atoms with Crippen molar-refractivity contribution in [3.63, 3.8) is 0 Å². The van der Waals surface area contributed by atoms with E-state index < -0.39 is 0 Å². The smallest absolute Gasteiger partial charge is 0.255 e. The molecule has 1 saturated carbocycles. The van der Waals surface area contributed by atoms with Crippen LogP contribution in [0.1, 0.15) is 45.5 Å². The molecule has 7 heteroatoms. The first-order chi connectivity index (χ1) is 14.6. The highest BCUT2D eigenvalue weighted by Gasteiger charge is 2.28. The van der Waals surface area contributed by atoms with Crippen LogP contribution in [0.25, 0.3) is 11.0 Å². The highest BCUT2D eigenvalue weighted by molar-refractivity contribution is 5.97. The average Bonchev–Trinajstić information content (AvgIpc) is 3.32. The first-order valence-electron chi connectivity index (χ1n) is 10.5. The van der Waals surface area contributed by atoms with E-state index in [1.54, 1.807) is 17.1 Å². The fourth-order valence-electron chi connectivity index (χ4n) is 4.13. The molecule has 0 spiro atoms. The van der Waals surface area contributed by atoms with Gasteiger partial charge in [0.25, 0.3) is 11.8 Å². The number of carbonyl (C=O) groups is 2. The molecule has 1 N–H and O–H groups in total. The molecule has 154 valence electrons. The lowest BCUT2D eigenvalue weighted by Crippen LogP contribution is -2.29. The van der Waals surface area contributed by atoms with Crippen LogP contribution in [0.3, 0.4) is 0 Å². The Morgan fingerprint density at radius 1 is 1.10 bits per heavy atom. The molecular weight excluding hydrogens is 378 g/mol. The molecule has 30 heavy (non-hydrogen) atoms. The van der Waals surface area contributed by atoms with Crippen molar-refractivity contribution < 1.29 is 9.59 Å². The maximum Gasteiger partial charge on any atom is 0.255 e. The maximum atomic E-state index is 12.9. The van der Waals surface area contributed by atoms with Crippen LogP contribution in [-0.4, -0.2) is 50.6 Å². The van der Waals surface area contributed by atoms with Gasteiger partial charge in [-0.3, -0.25) is 19.3 Å². The van der Waals surface area contributed by atoms with E-state index >= 15 is 0 Å². The number of aryl methyl sites for hydroxylation is 1. The van der Waals surface area contributed by atoms with Crippen LogP contribution in [0, 0.1) is 5.92 Å². The number of aromatic nitrogens is 3. The number of amides is 2. The Hall–Kier alpha value is -3.22. The normalized spacial score (nSPS) is 18.7. The van der Waals surface area contributed by atoms with Gasteiger partial charge in [0.1, 0.15) is 5.52 Å². The largest absolute Gasteiger partial charge is 0.349 e. The van der Waals surface area contributed by atoms with Gasteiger partial charge in [-0.15, -0.1) is 0 Å². The van der Waals surface area contributed by atoms with Crippen molar-refractivity contribution in [3.05, 3.63) is 59.4 Å². The second kappa shape index (κ2) is 7.55. The van der Waals surface area contributed by atoms with Crippen molar-refractivity contribution >= 4 is 22.8 Å². The number of likely N-dealkylation sites (tertiary alicyclic amines) is 1. The standard InChI is InChI=1S/C23H25N5O2/c1-27-21-11-18(12-24-20(21)13-25-27)23(30)28-9-8-16(14-28)10-15-2-4-17(5-3-15)22(29)26-19-6-7-19/h2-5,11-13,16,19H,6-10,14H2,1H3,(H,26,29). The van der Waals surface area contributed by atoms with Gasteiger partial charge >= 0.3 is 0 Å². The Labute approximate surface area is 175 Å². The molecule has 0 radical (unpaired) electrons. The third kappa shape index (κ3) is 3.79. The van der Waals surface area contributed by atoms with Crippen LogP contribution in [0.4, 0.5) is 0 Å². The molecule has 1 saturated heterocycles. The Morgan fingerprint density at radius 3 is 2.67 bits per heavy atom. The topological polar surface area (TPSA) is 80.1 Å². The third-order valence-corrected chi connectivity index (χ3v) is 6.07. The number of nitrogens with zero attached hydrogens (tertiary/aromatic N) is 4. The molecule has 2 amide bonds. The third-order valence-electron chi connectivity index (χ3n) is 6.07. The predicted octanol–water partition coefficient (Wildman–Crippen LogP) is 2.57. The summed E-state index contributed by atoms with van der Waals surface area (Å²) in [6.45, 7) is 1.50. The molecule has 5 rings (SSSR count). The molecule has 2 aromatic heterocycles. The first-order valence-corrected chi connectivity index (χ1v) is 10.5. The molecule has 2 aliphatic rings. The minimum Gasteiger partial charge on any atom is -0.349 e. The van der Waals surface area contributed by atoms with Gasteiger partial charge in [0.05, 0.1) is 17.3 Å².